The maximum atomic E-state index is 13.5. The first-order valence-electron chi connectivity index (χ1n) is 18.9. The fraction of sp³-hybridized carbons (Fsp3) is 0.302. The molecule has 15 nitrogen and oxygen atoms in total. The van der Waals surface area contributed by atoms with Crippen LogP contribution >= 0.6 is 0 Å². The number of benzene rings is 4. The molecule has 1 aliphatic heterocycles. The molecule has 1 saturated heterocycles. The van der Waals surface area contributed by atoms with Crippen LogP contribution in [0.3, 0.4) is 0 Å². The molecule has 308 valence electrons. The molecule has 6 rings (SSSR count). The van der Waals surface area contributed by atoms with E-state index in [4.69, 9.17) is 20.6 Å². The number of terminal acetylenes is 1. The van der Waals surface area contributed by atoms with Gasteiger partial charge >= 0.3 is 6.03 Å². The molecule has 16 heteroatoms. The van der Waals surface area contributed by atoms with Crippen LogP contribution in [0.4, 0.5) is 33.5 Å². The van der Waals surface area contributed by atoms with E-state index in [0.29, 0.717) is 58.8 Å². The minimum Gasteiger partial charge on any atom is -0.492 e. The highest BCUT2D eigenvalue weighted by molar-refractivity contribution is 7.92. The van der Waals surface area contributed by atoms with Gasteiger partial charge in [0.1, 0.15) is 5.75 Å². The topological polar surface area (TPSA) is 185 Å². The van der Waals surface area contributed by atoms with Gasteiger partial charge in [0.2, 0.25) is 21.9 Å². The van der Waals surface area contributed by atoms with Crippen molar-refractivity contribution in [2.75, 3.05) is 66.9 Å². The van der Waals surface area contributed by atoms with Crippen molar-refractivity contribution in [2.45, 2.75) is 39.2 Å². The molecule has 4 aromatic carbocycles. The normalized spacial score (nSPS) is 13.8. The molecule has 0 bridgehead atoms. The van der Waals surface area contributed by atoms with Gasteiger partial charge in [-0.1, -0.05) is 51.0 Å². The van der Waals surface area contributed by atoms with Gasteiger partial charge in [0, 0.05) is 65.5 Å². The lowest BCUT2D eigenvalue weighted by Gasteiger charge is -2.29. The van der Waals surface area contributed by atoms with E-state index in [2.05, 4.69) is 46.8 Å². The second-order valence-electron chi connectivity index (χ2n) is 15.1. The summed E-state index contributed by atoms with van der Waals surface area (Å²) in [6, 6.07) is 20.2. The third-order valence-electron chi connectivity index (χ3n) is 9.31. The Morgan fingerprint density at radius 3 is 2.37 bits per heavy atom. The van der Waals surface area contributed by atoms with Crippen molar-refractivity contribution in [1.29, 1.82) is 0 Å². The summed E-state index contributed by atoms with van der Waals surface area (Å²) in [6.45, 7) is 11.6. The average Bonchev–Trinajstić information content (AvgIpc) is 3.18. The van der Waals surface area contributed by atoms with E-state index in [1.807, 2.05) is 52.0 Å². The predicted octanol–water partition coefficient (Wildman–Crippen LogP) is 6.92. The quantitative estimate of drug-likeness (QED) is 0.0777. The van der Waals surface area contributed by atoms with Gasteiger partial charge in [0.15, 0.2) is 5.75 Å². The summed E-state index contributed by atoms with van der Waals surface area (Å²) >= 11 is 0. The average molecular weight is 821 g/mol. The number of fused-ring (bicyclic) bond motifs is 1. The molecular formula is C43H48N8O7S. The zero-order chi connectivity index (χ0) is 42.3. The first-order valence-corrected chi connectivity index (χ1v) is 20.8. The van der Waals surface area contributed by atoms with E-state index in [0.717, 1.165) is 24.9 Å². The number of sulfonamides is 1. The van der Waals surface area contributed by atoms with Crippen LogP contribution in [-0.2, 0) is 20.2 Å². The summed E-state index contributed by atoms with van der Waals surface area (Å²) in [6.07, 6.45) is 8.34. The van der Waals surface area contributed by atoms with Crippen LogP contribution in [0.1, 0.15) is 49.2 Å². The Kier molecular flexibility index (Phi) is 12.9. The van der Waals surface area contributed by atoms with Gasteiger partial charge in [-0.3, -0.25) is 14.4 Å². The lowest BCUT2D eigenvalue weighted by atomic mass is 9.86. The van der Waals surface area contributed by atoms with E-state index in [9.17, 15) is 18.0 Å². The fourth-order valence-electron chi connectivity index (χ4n) is 6.53. The molecule has 1 atom stereocenters. The van der Waals surface area contributed by atoms with Crippen LogP contribution in [0.2, 0.25) is 0 Å². The summed E-state index contributed by atoms with van der Waals surface area (Å²) in [5.41, 5.74) is 2.78. The van der Waals surface area contributed by atoms with Crippen LogP contribution in [0.15, 0.2) is 79.0 Å². The molecule has 2 heterocycles. The summed E-state index contributed by atoms with van der Waals surface area (Å²) in [4.78, 5) is 38.0. The van der Waals surface area contributed by atoms with Gasteiger partial charge in [-0.25, -0.2) is 18.2 Å². The molecule has 5 aromatic rings. The zero-order valence-corrected chi connectivity index (χ0v) is 34.6. The number of nitrogens with one attached hydrogen (secondary N) is 5. The maximum absolute atomic E-state index is 13.5. The van der Waals surface area contributed by atoms with Crippen molar-refractivity contribution in [3.63, 3.8) is 0 Å². The first kappa shape index (κ1) is 42.2. The second-order valence-corrected chi connectivity index (χ2v) is 16.9. The predicted molar refractivity (Wildman–Crippen MR) is 231 cm³/mol. The van der Waals surface area contributed by atoms with Crippen LogP contribution in [-0.4, -0.2) is 87.5 Å². The third-order valence-corrected chi connectivity index (χ3v) is 9.90. The third kappa shape index (κ3) is 11.2. The SMILES string of the molecule is C#Cc1cc(Nc2nccc(Oc3ccc(NC(=O)Nc4cc(C(C)(C)C)cc(NS(C)(=O)=O)c4OC)c4ccccc34)n2)cc(C(=O)NC(C)CN2CCOCC2)c1. The number of hydrogen-bond acceptors (Lipinski definition) is 11. The molecule has 1 aliphatic rings. The number of morpholine rings is 1. The van der Waals surface area contributed by atoms with Crippen molar-refractivity contribution in [3.8, 4) is 29.7 Å². The largest absolute Gasteiger partial charge is 0.492 e. The monoisotopic (exact) mass is 820 g/mol. The lowest BCUT2D eigenvalue weighted by Crippen LogP contribution is -2.46. The molecule has 1 fully saturated rings. The molecule has 1 aromatic heterocycles. The van der Waals surface area contributed by atoms with Crippen LogP contribution in [0.25, 0.3) is 10.8 Å². The highest BCUT2D eigenvalue weighted by atomic mass is 32.2. The number of urea groups is 1. The molecule has 59 heavy (non-hydrogen) atoms. The Hall–Kier alpha value is -6.41. The Bertz CT molecular complexity index is 2510. The van der Waals surface area contributed by atoms with Gasteiger partial charge in [-0.15, -0.1) is 6.42 Å². The fourth-order valence-corrected chi connectivity index (χ4v) is 7.09. The maximum Gasteiger partial charge on any atom is 0.323 e. The number of rotatable bonds is 13. The minimum atomic E-state index is -3.65. The number of hydrogen-bond donors (Lipinski definition) is 5. The Morgan fingerprint density at radius 2 is 1.68 bits per heavy atom. The highest BCUT2D eigenvalue weighted by Gasteiger charge is 2.23. The van der Waals surface area contributed by atoms with E-state index in [-0.39, 0.29) is 46.3 Å². The summed E-state index contributed by atoms with van der Waals surface area (Å²) < 4.78 is 44.1. The number of carbonyl (C=O) groups excluding carboxylic acids is 2. The minimum absolute atomic E-state index is 0.0939. The van der Waals surface area contributed by atoms with Gasteiger partial charge in [0.25, 0.3) is 5.91 Å². The van der Waals surface area contributed by atoms with Gasteiger partial charge in [0.05, 0.1) is 43.6 Å². The standard InChI is InChI=1S/C43H48N8O7S/c1-8-28-21-29(40(52)45-27(2)26-51-17-19-57-20-18-51)23-31(22-28)46-41-44-16-15-38(49-41)58-37-14-13-34(32-11-9-10-12-33(32)37)47-42(53)48-35-24-30(43(3,4)5)25-36(39(35)56-6)50-59(7,54)55/h1,9-16,21-25,27,50H,17-20,26H2,2-7H3,(H,45,52)(H,44,46,49)(H2,47,48,53). The van der Waals surface area contributed by atoms with Crippen molar-refractivity contribution in [3.05, 3.63) is 95.7 Å². The molecule has 1 unspecified atom stereocenters. The van der Waals surface area contributed by atoms with E-state index in [1.54, 1.807) is 54.7 Å². The number of carbonyl (C=O) groups is 2. The van der Waals surface area contributed by atoms with Gasteiger partial charge in [-0.05, 0) is 60.4 Å². The molecule has 5 N–H and O–H groups in total. The number of aromatic nitrogens is 2. The van der Waals surface area contributed by atoms with Crippen molar-refractivity contribution < 1.29 is 32.2 Å². The van der Waals surface area contributed by atoms with E-state index < -0.39 is 16.1 Å². The molecular weight excluding hydrogens is 773 g/mol. The number of methoxy groups -OCH3 is 1. The summed E-state index contributed by atoms with van der Waals surface area (Å²) in [7, 11) is -2.26. The Balaban J connectivity index is 1.18. The number of ether oxygens (including phenoxy) is 3. The van der Waals surface area contributed by atoms with Gasteiger partial charge < -0.3 is 35.5 Å². The Morgan fingerprint density at radius 1 is 0.966 bits per heavy atom. The number of anilines is 5. The lowest BCUT2D eigenvalue weighted by molar-refractivity contribution is 0.0342. The highest BCUT2D eigenvalue weighted by Crippen LogP contribution is 2.40. The zero-order valence-electron chi connectivity index (χ0n) is 33.8. The van der Waals surface area contributed by atoms with Crippen molar-refractivity contribution in [1.82, 2.24) is 20.2 Å². The van der Waals surface area contributed by atoms with E-state index >= 15 is 0 Å². The molecule has 0 saturated carbocycles. The van der Waals surface area contributed by atoms with E-state index in [1.165, 1.54) is 7.11 Å². The second kappa shape index (κ2) is 18.0. The van der Waals surface area contributed by atoms with Crippen molar-refractivity contribution in [2.24, 2.45) is 0 Å². The van der Waals surface area contributed by atoms with Crippen LogP contribution in [0, 0.1) is 12.3 Å². The molecule has 0 aliphatic carbocycles. The van der Waals surface area contributed by atoms with Crippen molar-refractivity contribution >= 4 is 61.4 Å². The number of nitrogens with zero attached hydrogens (tertiary/aromatic N) is 3. The van der Waals surface area contributed by atoms with Crippen LogP contribution in [0.5, 0.6) is 17.4 Å². The smallest absolute Gasteiger partial charge is 0.323 e. The molecule has 3 amide bonds. The summed E-state index contributed by atoms with van der Waals surface area (Å²) in [5, 5.41) is 13.3. The Labute approximate surface area is 344 Å². The summed E-state index contributed by atoms with van der Waals surface area (Å²) in [5.74, 6) is 3.43. The number of amides is 3. The van der Waals surface area contributed by atoms with Crippen LogP contribution < -0.4 is 35.5 Å². The van der Waals surface area contributed by atoms with Gasteiger partial charge in [-0.2, -0.15) is 4.98 Å². The molecule has 0 spiro atoms. The molecule has 0 radical (unpaired) electrons. The first-order chi connectivity index (χ1) is 28.1.